The molecular formula is C48H49F4O3S4+. The Labute approximate surface area is 360 Å². The molecule has 0 saturated heterocycles. The number of carbonyl (C=O) groups excluding carboxylic acids is 3. The highest BCUT2D eigenvalue weighted by Crippen LogP contribution is 2.38. The number of aryl methyl sites for hydroxylation is 3. The van der Waals surface area contributed by atoms with Gasteiger partial charge >= 0.3 is 0 Å². The monoisotopic (exact) mass is 877 g/mol. The molecule has 6 aromatic rings. The van der Waals surface area contributed by atoms with E-state index in [1.165, 1.54) is 14.7 Å². The van der Waals surface area contributed by atoms with Crippen molar-refractivity contribution in [3.8, 4) is 0 Å². The number of hydrogen-bond donors (Lipinski definition) is 0. The number of halogens is 4. The van der Waals surface area contributed by atoms with Gasteiger partial charge in [0.05, 0.1) is 10.9 Å². The van der Waals surface area contributed by atoms with E-state index < -0.39 is 0 Å². The van der Waals surface area contributed by atoms with E-state index in [4.69, 9.17) is 0 Å². The summed E-state index contributed by atoms with van der Waals surface area (Å²) in [6.07, 6.45) is 2.45. The lowest BCUT2D eigenvalue weighted by atomic mass is 10.0. The van der Waals surface area contributed by atoms with Crippen molar-refractivity contribution in [1.82, 2.24) is 0 Å². The standard InChI is InChI=1S/C48H45O3S4.4FH/c1-7-34-28-40(16-25-46(34)31(4)49)52-37-10-19-43(20-11-37)55(44-21-12-38(13-22-44)53-41-17-26-47(32(5)50)35(8-2)29-41)45-23-14-39(15-24-45)54-42-18-27-48(33(6)51)36(9-3)30-42;;;;/h10-30H,7-9H2,1-6H3;4*1H/q+1;;;;. The summed E-state index contributed by atoms with van der Waals surface area (Å²) in [6, 6.07) is 45.1. The third-order valence-corrected chi connectivity index (χ3v) is 14.6. The van der Waals surface area contributed by atoms with Crippen LogP contribution < -0.4 is 0 Å². The fourth-order valence-electron chi connectivity index (χ4n) is 6.56. The fraction of sp³-hybridized carbons (Fsp3) is 0.188. The summed E-state index contributed by atoms with van der Waals surface area (Å²) in [6.45, 7) is 11.2. The van der Waals surface area contributed by atoms with E-state index in [1.807, 2.05) is 36.4 Å². The predicted molar refractivity (Wildman–Crippen MR) is 241 cm³/mol. The maximum atomic E-state index is 12.1. The molecule has 0 aliphatic rings. The molecule has 0 N–H and O–H groups in total. The van der Waals surface area contributed by atoms with E-state index in [1.54, 1.807) is 56.1 Å². The summed E-state index contributed by atoms with van der Waals surface area (Å²) >= 11 is 5.14. The van der Waals surface area contributed by atoms with Crippen LogP contribution in [0.25, 0.3) is 0 Å². The summed E-state index contributed by atoms with van der Waals surface area (Å²) in [5.74, 6) is 0.308. The van der Waals surface area contributed by atoms with Crippen LogP contribution in [0.4, 0.5) is 18.8 Å². The van der Waals surface area contributed by atoms with Gasteiger partial charge in [-0.05, 0) is 166 Å². The first-order valence-corrected chi connectivity index (χ1v) is 22.2. The molecule has 0 unspecified atom stereocenters. The number of carbonyl (C=O) groups is 3. The summed E-state index contributed by atoms with van der Waals surface area (Å²) in [5, 5.41) is 0. The molecule has 0 aliphatic heterocycles. The van der Waals surface area contributed by atoms with Gasteiger partial charge in [-0.1, -0.05) is 74.3 Å². The zero-order valence-corrected chi connectivity index (χ0v) is 37.0. The molecule has 0 saturated carbocycles. The van der Waals surface area contributed by atoms with Crippen molar-refractivity contribution in [2.75, 3.05) is 0 Å². The summed E-state index contributed by atoms with van der Waals surface area (Å²) in [4.78, 5) is 46.8. The largest absolute Gasteiger partial charge is 0.295 e. The van der Waals surface area contributed by atoms with Gasteiger partial charge in [-0.25, -0.2) is 0 Å². The maximum Gasteiger partial charge on any atom is 0.166 e. The fourth-order valence-corrected chi connectivity index (χ4v) is 11.2. The molecule has 6 rings (SSSR count). The normalized spacial score (nSPS) is 10.4. The highest BCUT2D eigenvalue weighted by atomic mass is 32.2. The lowest BCUT2D eigenvalue weighted by Gasteiger charge is -2.12. The first-order chi connectivity index (χ1) is 26.6. The van der Waals surface area contributed by atoms with Gasteiger partial charge in [-0.15, -0.1) is 0 Å². The summed E-state index contributed by atoms with van der Waals surface area (Å²) < 4.78 is 0. The van der Waals surface area contributed by atoms with Crippen molar-refractivity contribution >= 4 is 63.5 Å². The summed E-state index contributed by atoms with van der Waals surface area (Å²) in [5.41, 5.74) is 5.64. The lowest BCUT2D eigenvalue weighted by molar-refractivity contribution is 0.100. The van der Waals surface area contributed by atoms with Gasteiger partial charge in [0.15, 0.2) is 32.0 Å². The molecule has 59 heavy (non-hydrogen) atoms. The summed E-state index contributed by atoms with van der Waals surface area (Å²) in [7, 11) is -0.359. The van der Waals surface area contributed by atoms with Gasteiger partial charge in [-0.2, -0.15) is 0 Å². The first-order valence-electron chi connectivity index (χ1n) is 18.6. The van der Waals surface area contributed by atoms with Crippen LogP contribution in [0.5, 0.6) is 0 Å². The Balaban J connectivity index is 0.00000300. The van der Waals surface area contributed by atoms with Crippen molar-refractivity contribution in [3.05, 3.63) is 161 Å². The van der Waals surface area contributed by atoms with Crippen LogP contribution in [-0.4, -0.2) is 17.3 Å². The van der Waals surface area contributed by atoms with E-state index >= 15 is 0 Å². The third kappa shape index (κ3) is 12.5. The topological polar surface area (TPSA) is 51.2 Å². The number of ketones is 3. The molecule has 0 radical (unpaired) electrons. The zero-order valence-electron chi connectivity index (χ0n) is 33.7. The first kappa shape index (κ1) is 50.6. The molecule has 0 aromatic heterocycles. The van der Waals surface area contributed by atoms with Gasteiger partial charge < -0.3 is 0 Å². The Morgan fingerprint density at radius 1 is 0.373 bits per heavy atom. The molecule has 0 bridgehead atoms. The van der Waals surface area contributed by atoms with Gasteiger partial charge in [0, 0.05) is 46.1 Å². The zero-order chi connectivity index (χ0) is 39.1. The second-order valence-corrected chi connectivity index (χ2v) is 18.7. The highest BCUT2D eigenvalue weighted by Gasteiger charge is 2.29. The van der Waals surface area contributed by atoms with Crippen LogP contribution >= 0.6 is 35.3 Å². The quantitative estimate of drug-likeness (QED) is 0.0582. The van der Waals surface area contributed by atoms with Crippen molar-refractivity contribution in [2.45, 2.75) is 105 Å². The molecule has 11 heteroatoms. The SMILES string of the molecule is CCc1cc(Sc2ccc([S+](c3ccc(Sc4ccc(C(C)=O)c(CC)c4)cc3)c3ccc(Sc4ccc(C(C)=O)c(CC)c4)cc3)cc2)ccc1C(C)=O.F.F.F.F. The Bertz CT molecular complexity index is 2090. The number of hydrogen-bond acceptors (Lipinski definition) is 6. The Morgan fingerprint density at radius 2 is 0.593 bits per heavy atom. The molecular weight excluding hydrogens is 829 g/mol. The molecule has 6 aromatic carbocycles. The van der Waals surface area contributed by atoms with E-state index in [0.29, 0.717) is 0 Å². The van der Waals surface area contributed by atoms with Crippen LogP contribution in [0, 0.1) is 0 Å². The maximum absolute atomic E-state index is 12.1. The number of Topliss-reactive ketones (excluding diaryl/α,β-unsaturated/α-hetero) is 3. The molecule has 0 heterocycles. The Morgan fingerprint density at radius 3 is 0.797 bits per heavy atom. The minimum atomic E-state index is -0.359. The highest BCUT2D eigenvalue weighted by molar-refractivity contribution is 8.00. The molecule has 0 aliphatic carbocycles. The van der Waals surface area contributed by atoms with E-state index in [9.17, 15) is 14.4 Å². The van der Waals surface area contributed by atoms with Crippen molar-refractivity contribution in [1.29, 1.82) is 0 Å². The van der Waals surface area contributed by atoms with Gasteiger partial charge in [0.1, 0.15) is 0 Å². The minimum absolute atomic E-state index is 0. The number of benzene rings is 6. The predicted octanol–water partition coefficient (Wildman–Crippen LogP) is 14.1. The molecule has 0 fully saturated rings. The second kappa shape index (κ2) is 23.3. The van der Waals surface area contributed by atoms with Crippen LogP contribution in [0.1, 0.15) is 89.3 Å². The average molecular weight is 878 g/mol. The second-order valence-electron chi connectivity index (χ2n) is 13.2. The van der Waals surface area contributed by atoms with Gasteiger partial charge in [0.25, 0.3) is 0 Å². The van der Waals surface area contributed by atoms with Crippen molar-refractivity contribution < 1.29 is 33.2 Å². The van der Waals surface area contributed by atoms with Crippen LogP contribution in [0.2, 0.25) is 0 Å². The molecule has 0 amide bonds. The van der Waals surface area contributed by atoms with Crippen LogP contribution in [0.3, 0.4) is 0 Å². The van der Waals surface area contributed by atoms with Crippen molar-refractivity contribution in [3.63, 3.8) is 0 Å². The smallest absolute Gasteiger partial charge is 0.166 e. The van der Waals surface area contributed by atoms with E-state index in [0.717, 1.165) is 82.0 Å². The molecule has 310 valence electrons. The van der Waals surface area contributed by atoms with E-state index in [-0.39, 0.29) is 47.1 Å². The number of rotatable bonds is 15. The Hall–Kier alpha value is -4.55. The van der Waals surface area contributed by atoms with Crippen molar-refractivity contribution in [2.24, 2.45) is 0 Å². The van der Waals surface area contributed by atoms with Gasteiger partial charge in [0.2, 0.25) is 0 Å². The van der Waals surface area contributed by atoms with Crippen LogP contribution in [-0.2, 0) is 30.2 Å². The average Bonchev–Trinajstić information content (AvgIpc) is 3.19. The minimum Gasteiger partial charge on any atom is -0.295 e. The van der Waals surface area contributed by atoms with E-state index in [2.05, 4.69) is 112 Å². The third-order valence-electron chi connectivity index (χ3n) is 9.40. The van der Waals surface area contributed by atoms with Gasteiger partial charge in [-0.3, -0.25) is 33.2 Å². The lowest BCUT2D eigenvalue weighted by Crippen LogP contribution is -2.05. The molecule has 0 atom stereocenters. The Kier molecular flexibility index (Phi) is 20.0. The van der Waals surface area contributed by atoms with Crippen LogP contribution in [0.15, 0.2) is 171 Å². The molecule has 3 nitrogen and oxygen atoms in total. The molecule has 0 spiro atoms.